The molecule has 0 amide bonds. The predicted octanol–water partition coefficient (Wildman–Crippen LogP) is 3.17. The van der Waals surface area contributed by atoms with Gasteiger partial charge in [-0.05, 0) is 50.4 Å². The largest absolute Gasteiger partial charge is 0.310 e. The third-order valence-electron chi connectivity index (χ3n) is 5.33. The summed E-state index contributed by atoms with van der Waals surface area (Å²) in [6.07, 6.45) is 11.4. The molecule has 18 heavy (non-hydrogen) atoms. The van der Waals surface area contributed by atoms with Gasteiger partial charge in [0.25, 0.3) is 0 Å². The first-order valence-corrected chi connectivity index (χ1v) is 8.12. The zero-order chi connectivity index (χ0) is 12.6. The third kappa shape index (κ3) is 3.27. The zero-order valence-corrected chi connectivity index (χ0v) is 12.3. The molecule has 1 saturated heterocycles. The minimum Gasteiger partial charge on any atom is -0.310 e. The molecular formula is C16H30N2. The lowest BCUT2D eigenvalue weighted by Gasteiger charge is -2.24. The van der Waals surface area contributed by atoms with Crippen LogP contribution in [0.1, 0.15) is 65.2 Å². The van der Waals surface area contributed by atoms with Gasteiger partial charge in [0.15, 0.2) is 0 Å². The molecule has 3 rings (SSSR count). The monoisotopic (exact) mass is 250 g/mol. The van der Waals surface area contributed by atoms with Crippen LogP contribution >= 0.6 is 0 Å². The van der Waals surface area contributed by atoms with Crippen molar-refractivity contribution in [3.63, 3.8) is 0 Å². The summed E-state index contributed by atoms with van der Waals surface area (Å²) < 4.78 is 0. The Morgan fingerprint density at radius 2 is 1.78 bits per heavy atom. The molecule has 2 atom stereocenters. The van der Waals surface area contributed by atoms with Gasteiger partial charge in [0.1, 0.15) is 0 Å². The molecule has 1 aliphatic heterocycles. The second kappa shape index (κ2) is 5.13. The third-order valence-corrected chi connectivity index (χ3v) is 5.33. The van der Waals surface area contributed by atoms with Gasteiger partial charge in [0.05, 0.1) is 0 Å². The normalized spacial score (nSPS) is 37.7. The Balaban J connectivity index is 1.45. The fraction of sp³-hybridized carbons (Fsp3) is 1.00. The Morgan fingerprint density at radius 3 is 2.56 bits per heavy atom. The van der Waals surface area contributed by atoms with Crippen molar-refractivity contribution >= 4 is 0 Å². The quantitative estimate of drug-likeness (QED) is 0.774. The Kier molecular flexibility index (Phi) is 3.68. The van der Waals surface area contributed by atoms with Crippen LogP contribution in [0.25, 0.3) is 0 Å². The van der Waals surface area contributed by atoms with Crippen molar-refractivity contribution in [3.8, 4) is 0 Å². The molecule has 3 fully saturated rings. The van der Waals surface area contributed by atoms with Gasteiger partial charge in [0.2, 0.25) is 0 Å². The summed E-state index contributed by atoms with van der Waals surface area (Å²) in [7, 11) is 0. The van der Waals surface area contributed by atoms with Gasteiger partial charge >= 0.3 is 0 Å². The van der Waals surface area contributed by atoms with E-state index in [0.717, 1.165) is 18.1 Å². The van der Waals surface area contributed by atoms with E-state index < -0.39 is 0 Å². The van der Waals surface area contributed by atoms with Gasteiger partial charge in [-0.2, -0.15) is 0 Å². The molecule has 0 spiro atoms. The van der Waals surface area contributed by atoms with Crippen molar-refractivity contribution in [2.24, 2.45) is 5.41 Å². The molecule has 1 heterocycles. The number of nitrogens with one attached hydrogen (secondary N) is 1. The van der Waals surface area contributed by atoms with Gasteiger partial charge in [-0.25, -0.2) is 0 Å². The first-order valence-electron chi connectivity index (χ1n) is 8.12. The Hall–Kier alpha value is -0.0800. The lowest BCUT2D eigenvalue weighted by Crippen LogP contribution is -2.40. The Labute approximate surface area is 113 Å². The molecule has 0 aromatic heterocycles. The molecule has 1 N–H and O–H groups in total. The highest BCUT2D eigenvalue weighted by Crippen LogP contribution is 2.34. The molecule has 2 aliphatic carbocycles. The zero-order valence-electron chi connectivity index (χ0n) is 12.3. The standard InChI is InChI=1S/C16H30N2/c1-16(2)9-3-4-13(7-10-16)17-14-8-11-18(12-14)15-5-6-15/h13-15,17H,3-12H2,1-2H3. The predicted molar refractivity (Wildman–Crippen MR) is 76.8 cm³/mol. The number of nitrogens with zero attached hydrogens (tertiary/aromatic N) is 1. The summed E-state index contributed by atoms with van der Waals surface area (Å²) in [6.45, 7) is 7.56. The van der Waals surface area contributed by atoms with Crippen molar-refractivity contribution in [1.82, 2.24) is 10.2 Å². The summed E-state index contributed by atoms with van der Waals surface area (Å²) >= 11 is 0. The molecule has 0 aromatic rings. The van der Waals surface area contributed by atoms with Crippen LogP contribution in [-0.2, 0) is 0 Å². The average molecular weight is 250 g/mol. The molecule has 2 saturated carbocycles. The summed E-state index contributed by atoms with van der Waals surface area (Å²) in [5, 5.41) is 3.97. The van der Waals surface area contributed by atoms with Crippen LogP contribution in [-0.4, -0.2) is 36.1 Å². The van der Waals surface area contributed by atoms with Crippen LogP contribution in [0.5, 0.6) is 0 Å². The summed E-state index contributed by atoms with van der Waals surface area (Å²) in [4.78, 5) is 2.72. The second-order valence-electron chi connectivity index (χ2n) is 7.67. The van der Waals surface area contributed by atoms with Crippen LogP contribution in [0.4, 0.5) is 0 Å². The van der Waals surface area contributed by atoms with Gasteiger partial charge in [0, 0.05) is 31.2 Å². The van der Waals surface area contributed by atoms with Crippen LogP contribution in [0.2, 0.25) is 0 Å². The maximum Gasteiger partial charge on any atom is 0.0209 e. The van der Waals surface area contributed by atoms with Crippen molar-refractivity contribution < 1.29 is 0 Å². The summed E-state index contributed by atoms with van der Waals surface area (Å²) in [5.74, 6) is 0. The van der Waals surface area contributed by atoms with Gasteiger partial charge in [-0.3, -0.25) is 4.90 Å². The number of hydrogen-bond donors (Lipinski definition) is 1. The topological polar surface area (TPSA) is 15.3 Å². The van der Waals surface area contributed by atoms with E-state index in [4.69, 9.17) is 0 Å². The molecule has 2 unspecified atom stereocenters. The van der Waals surface area contributed by atoms with Crippen molar-refractivity contribution in [3.05, 3.63) is 0 Å². The number of rotatable bonds is 3. The van der Waals surface area contributed by atoms with E-state index in [1.807, 2.05) is 0 Å². The Bertz CT molecular complexity index is 283. The van der Waals surface area contributed by atoms with Crippen LogP contribution in [0.3, 0.4) is 0 Å². The first kappa shape index (κ1) is 12.9. The highest BCUT2D eigenvalue weighted by molar-refractivity contribution is 4.93. The van der Waals surface area contributed by atoms with Gasteiger partial charge in [-0.1, -0.05) is 20.3 Å². The fourth-order valence-corrected chi connectivity index (χ4v) is 3.86. The van der Waals surface area contributed by atoms with Crippen LogP contribution in [0.15, 0.2) is 0 Å². The smallest absolute Gasteiger partial charge is 0.0209 e. The van der Waals surface area contributed by atoms with Crippen LogP contribution < -0.4 is 5.32 Å². The minimum atomic E-state index is 0.589. The maximum atomic E-state index is 3.97. The molecular weight excluding hydrogens is 220 g/mol. The highest BCUT2D eigenvalue weighted by atomic mass is 15.2. The molecule has 2 heteroatoms. The lowest BCUT2D eigenvalue weighted by atomic mass is 9.85. The van der Waals surface area contributed by atoms with Crippen molar-refractivity contribution in [2.45, 2.75) is 83.3 Å². The lowest BCUT2D eigenvalue weighted by molar-refractivity contribution is 0.297. The van der Waals surface area contributed by atoms with E-state index in [9.17, 15) is 0 Å². The Morgan fingerprint density at radius 1 is 0.944 bits per heavy atom. The van der Waals surface area contributed by atoms with Crippen LogP contribution in [0, 0.1) is 5.41 Å². The molecule has 0 bridgehead atoms. The van der Waals surface area contributed by atoms with Gasteiger partial charge in [-0.15, -0.1) is 0 Å². The number of likely N-dealkylation sites (tertiary alicyclic amines) is 1. The van der Waals surface area contributed by atoms with E-state index >= 15 is 0 Å². The molecule has 104 valence electrons. The van der Waals surface area contributed by atoms with E-state index in [-0.39, 0.29) is 0 Å². The van der Waals surface area contributed by atoms with E-state index in [2.05, 4.69) is 24.1 Å². The van der Waals surface area contributed by atoms with Crippen molar-refractivity contribution in [2.75, 3.05) is 13.1 Å². The van der Waals surface area contributed by atoms with E-state index in [1.165, 1.54) is 64.5 Å². The van der Waals surface area contributed by atoms with E-state index in [0.29, 0.717) is 5.41 Å². The SMILES string of the molecule is CC1(C)CCCC(NC2CCN(C3CC3)C2)CC1. The summed E-state index contributed by atoms with van der Waals surface area (Å²) in [6, 6.07) is 2.55. The second-order valence-corrected chi connectivity index (χ2v) is 7.67. The minimum absolute atomic E-state index is 0.589. The number of hydrogen-bond acceptors (Lipinski definition) is 2. The molecule has 0 radical (unpaired) electrons. The highest BCUT2D eigenvalue weighted by Gasteiger charge is 2.35. The summed E-state index contributed by atoms with van der Waals surface area (Å²) in [5.41, 5.74) is 0.589. The fourth-order valence-electron chi connectivity index (χ4n) is 3.86. The molecule has 3 aliphatic rings. The molecule has 2 nitrogen and oxygen atoms in total. The average Bonchev–Trinajstić information content (AvgIpc) is 3.08. The maximum absolute atomic E-state index is 3.97. The molecule has 0 aromatic carbocycles. The van der Waals surface area contributed by atoms with Crippen molar-refractivity contribution in [1.29, 1.82) is 0 Å². The van der Waals surface area contributed by atoms with Gasteiger partial charge < -0.3 is 5.32 Å². The first-order chi connectivity index (χ1) is 8.62. The van der Waals surface area contributed by atoms with E-state index in [1.54, 1.807) is 0 Å².